The molecule has 10 heteroatoms. The van der Waals surface area contributed by atoms with Crippen molar-refractivity contribution in [3.05, 3.63) is 87.0 Å². The number of aryl methyl sites for hydroxylation is 1. The Labute approximate surface area is 214 Å². The summed E-state index contributed by atoms with van der Waals surface area (Å²) in [7, 11) is -0.141. The van der Waals surface area contributed by atoms with Crippen molar-refractivity contribution >= 4 is 26.8 Å². The van der Waals surface area contributed by atoms with Crippen molar-refractivity contribution in [2.45, 2.75) is 18.9 Å². The number of sulfone groups is 1. The number of nitrogens with zero attached hydrogens (tertiary/aromatic N) is 2. The van der Waals surface area contributed by atoms with Gasteiger partial charge in [-0.05, 0) is 53.8 Å². The number of nitrogens with one attached hydrogen (secondary N) is 1. The predicted octanol–water partition coefficient (Wildman–Crippen LogP) is 3.23. The number of anilines is 1. The van der Waals surface area contributed by atoms with E-state index in [-0.39, 0.29) is 29.0 Å². The van der Waals surface area contributed by atoms with Crippen LogP contribution in [0.5, 0.6) is 0 Å². The summed E-state index contributed by atoms with van der Waals surface area (Å²) in [5.74, 6) is -1.59. The third-order valence-corrected chi connectivity index (χ3v) is 8.00. The fourth-order valence-corrected chi connectivity index (χ4v) is 6.41. The molecule has 1 aromatic heterocycles. The molecule has 5 rings (SSSR count). The predicted molar refractivity (Wildman–Crippen MR) is 140 cm³/mol. The van der Waals surface area contributed by atoms with E-state index in [2.05, 4.69) is 5.32 Å². The Hall–Kier alpha value is -3.24. The van der Waals surface area contributed by atoms with Crippen LogP contribution in [0.4, 0.5) is 14.5 Å². The second-order valence-corrected chi connectivity index (χ2v) is 12.0. The Morgan fingerprint density at radius 2 is 2.00 bits per heavy atom. The van der Waals surface area contributed by atoms with Crippen molar-refractivity contribution in [3.63, 3.8) is 0 Å². The van der Waals surface area contributed by atoms with E-state index in [9.17, 15) is 17.6 Å². The third kappa shape index (κ3) is 4.64. The summed E-state index contributed by atoms with van der Waals surface area (Å²) in [5, 5.41) is 3.46. The van der Waals surface area contributed by atoms with Crippen molar-refractivity contribution in [2.24, 2.45) is 13.0 Å². The van der Waals surface area contributed by atoms with Gasteiger partial charge >= 0.3 is 0 Å². The van der Waals surface area contributed by atoms with E-state index in [1.807, 2.05) is 0 Å². The number of methoxy groups -OCH3 is 1. The number of fused-ring (bicyclic) bond motifs is 2. The fourth-order valence-electron chi connectivity index (χ4n) is 5.61. The quantitative estimate of drug-likeness (QED) is 0.555. The summed E-state index contributed by atoms with van der Waals surface area (Å²) < 4.78 is 60.3. The highest BCUT2D eigenvalue weighted by atomic mass is 32.2. The van der Waals surface area contributed by atoms with Gasteiger partial charge in [0.25, 0.3) is 5.56 Å². The first-order valence-corrected chi connectivity index (χ1v) is 14.2. The molecule has 2 atom stereocenters. The van der Waals surface area contributed by atoms with E-state index in [4.69, 9.17) is 4.74 Å². The molecule has 0 saturated carbocycles. The average molecular weight is 530 g/mol. The molecular weight excluding hydrogens is 500 g/mol. The first-order chi connectivity index (χ1) is 17.6. The first-order valence-electron chi connectivity index (χ1n) is 12.1. The second-order valence-electron chi connectivity index (χ2n) is 9.86. The van der Waals surface area contributed by atoms with Gasteiger partial charge in [-0.2, -0.15) is 0 Å². The van der Waals surface area contributed by atoms with Crippen LogP contribution >= 0.6 is 0 Å². The first kappa shape index (κ1) is 25.4. The van der Waals surface area contributed by atoms with Gasteiger partial charge in [-0.1, -0.05) is 0 Å². The molecule has 0 fully saturated rings. The number of ether oxygens (including phenoxy) is 1. The Morgan fingerprint density at radius 3 is 2.70 bits per heavy atom. The lowest BCUT2D eigenvalue weighted by molar-refractivity contribution is 0.185. The smallest absolute Gasteiger partial charge is 0.260 e. The third-order valence-electron chi connectivity index (χ3n) is 7.16. The highest BCUT2D eigenvalue weighted by Crippen LogP contribution is 2.46. The summed E-state index contributed by atoms with van der Waals surface area (Å²) in [6.45, 7) is 1.09. The maximum atomic E-state index is 15.1. The van der Waals surface area contributed by atoms with Crippen molar-refractivity contribution in [1.29, 1.82) is 0 Å². The number of aromatic nitrogens is 1. The van der Waals surface area contributed by atoms with Gasteiger partial charge in [0, 0.05) is 63.5 Å². The monoisotopic (exact) mass is 529 g/mol. The molecule has 0 spiro atoms. The maximum Gasteiger partial charge on any atom is 0.260 e. The molecule has 2 aromatic rings. The van der Waals surface area contributed by atoms with E-state index >= 15 is 4.39 Å². The molecule has 7 nitrogen and oxygen atoms in total. The average Bonchev–Trinajstić information content (AvgIpc) is 3.13. The lowest BCUT2D eigenvalue weighted by Gasteiger charge is -2.39. The largest absolute Gasteiger partial charge is 0.385 e. The van der Waals surface area contributed by atoms with Crippen LogP contribution in [0.15, 0.2) is 58.7 Å². The highest BCUT2D eigenvalue weighted by Gasteiger charge is 2.43. The Balaban J connectivity index is 1.76. The van der Waals surface area contributed by atoms with Gasteiger partial charge in [0.05, 0.1) is 28.7 Å². The van der Waals surface area contributed by atoms with Crippen LogP contribution in [-0.2, 0) is 21.6 Å². The number of rotatable bonds is 7. The molecule has 1 N–H and O–H groups in total. The van der Waals surface area contributed by atoms with E-state index in [0.717, 1.165) is 30.7 Å². The molecule has 196 valence electrons. The molecule has 1 aliphatic carbocycles. The Bertz CT molecular complexity index is 1520. The van der Waals surface area contributed by atoms with Gasteiger partial charge in [-0.15, -0.1) is 0 Å². The minimum absolute atomic E-state index is 0.0213. The van der Waals surface area contributed by atoms with E-state index in [0.29, 0.717) is 41.1 Å². The number of pyridine rings is 1. The standard InChI is InChI=1S/C27H29F2N3O4S/c1-31-9-8-20-18(15-37(3,34)35)11-17-14-32(22-7-6-19(28)12-21(22)29)26-16(5-4-10-36-2)13-30-25(23(17)26)24(20)27(31)33/h6-9,11-12,14,16,26,30H,4-5,10,13,15H2,1-3H3. The molecule has 1 aromatic carbocycles. The number of hydrogen-bond acceptors (Lipinski definition) is 6. The molecule has 2 unspecified atom stereocenters. The molecule has 2 aliphatic heterocycles. The second kappa shape index (κ2) is 9.57. The van der Waals surface area contributed by atoms with E-state index in [1.165, 1.54) is 16.7 Å². The summed E-state index contributed by atoms with van der Waals surface area (Å²) in [6, 6.07) is 4.91. The van der Waals surface area contributed by atoms with Gasteiger partial charge < -0.3 is 19.5 Å². The highest BCUT2D eigenvalue weighted by molar-refractivity contribution is 7.91. The minimum Gasteiger partial charge on any atom is -0.385 e. The number of halogens is 2. The Morgan fingerprint density at radius 1 is 1.22 bits per heavy atom. The molecule has 0 bridgehead atoms. The van der Waals surface area contributed by atoms with Crippen molar-refractivity contribution in [1.82, 2.24) is 9.88 Å². The minimum atomic E-state index is -3.43. The molecule has 0 amide bonds. The molecule has 3 aliphatic rings. The summed E-state index contributed by atoms with van der Waals surface area (Å²) in [6.07, 6.45) is 7.91. The van der Waals surface area contributed by atoms with Crippen molar-refractivity contribution in [3.8, 4) is 0 Å². The molecular formula is C27H29F2N3O4S. The zero-order valence-corrected chi connectivity index (χ0v) is 21.7. The summed E-state index contributed by atoms with van der Waals surface area (Å²) in [5.41, 5.74) is 3.56. The molecule has 0 radical (unpaired) electrons. The van der Waals surface area contributed by atoms with Crippen LogP contribution in [0.3, 0.4) is 0 Å². The van der Waals surface area contributed by atoms with Crippen LogP contribution in [0.1, 0.15) is 24.0 Å². The van der Waals surface area contributed by atoms with Crippen molar-refractivity contribution in [2.75, 3.05) is 37.2 Å². The summed E-state index contributed by atoms with van der Waals surface area (Å²) >= 11 is 0. The van der Waals surface area contributed by atoms with Crippen LogP contribution in [0, 0.1) is 17.6 Å². The van der Waals surface area contributed by atoms with Crippen molar-refractivity contribution < 1.29 is 21.9 Å². The van der Waals surface area contributed by atoms with Crippen LogP contribution in [-0.4, -0.2) is 51.3 Å². The van der Waals surface area contributed by atoms with Gasteiger partial charge in [-0.3, -0.25) is 4.79 Å². The van der Waals surface area contributed by atoms with E-state index in [1.54, 1.807) is 43.6 Å². The lowest BCUT2D eigenvalue weighted by atomic mass is 9.82. The van der Waals surface area contributed by atoms with E-state index < -0.39 is 21.5 Å². The number of allylic oxidation sites excluding steroid dienone is 1. The zero-order valence-electron chi connectivity index (χ0n) is 20.9. The topological polar surface area (TPSA) is 80.6 Å². The molecule has 37 heavy (non-hydrogen) atoms. The van der Waals surface area contributed by atoms with Crippen LogP contribution in [0.2, 0.25) is 0 Å². The zero-order chi connectivity index (χ0) is 26.5. The van der Waals surface area contributed by atoms with Crippen LogP contribution < -0.4 is 15.8 Å². The SMILES string of the molecule is COCCCC1CNC2=C3C(=CN(c4ccc(F)cc4F)C31)C=C(CS(C)(=O)=O)c1ccn(C)c(=O)c12. The van der Waals surface area contributed by atoms with Gasteiger partial charge in [0.2, 0.25) is 0 Å². The summed E-state index contributed by atoms with van der Waals surface area (Å²) in [4.78, 5) is 15.3. The lowest BCUT2D eigenvalue weighted by Crippen LogP contribution is -2.46. The number of hydrogen-bond donors (Lipinski definition) is 1. The number of benzene rings is 1. The fraction of sp³-hybridized carbons (Fsp3) is 0.370. The molecule has 3 heterocycles. The maximum absolute atomic E-state index is 15.1. The van der Waals surface area contributed by atoms with Gasteiger partial charge in [0.15, 0.2) is 9.84 Å². The molecule has 0 saturated heterocycles. The van der Waals surface area contributed by atoms with Crippen LogP contribution in [0.25, 0.3) is 11.3 Å². The van der Waals surface area contributed by atoms with Gasteiger partial charge in [0.1, 0.15) is 11.6 Å². The van der Waals surface area contributed by atoms with Gasteiger partial charge in [-0.25, -0.2) is 17.2 Å². The Kier molecular flexibility index (Phi) is 6.57. The normalized spacial score (nSPS) is 20.6.